The van der Waals surface area contributed by atoms with Crippen molar-refractivity contribution >= 4 is 16.9 Å². The monoisotopic (exact) mass is 371 g/mol. The number of aryl methyl sites for hydroxylation is 1. The highest BCUT2D eigenvalue weighted by atomic mass is 19.1. The number of carboxylic acids is 1. The zero-order chi connectivity index (χ0) is 19.8. The zero-order valence-electron chi connectivity index (χ0n) is 15.5. The van der Waals surface area contributed by atoms with Crippen LogP contribution in [0.1, 0.15) is 39.2 Å². The highest BCUT2D eigenvalue weighted by Crippen LogP contribution is 2.31. The molecule has 0 saturated carbocycles. The van der Waals surface area contributed by atoms with Gasteiger partial charge in [0.2, 0.25) is 0 Å². The summed E-state index contributed by atoms with van der Waals surface area (Å²) in [6.07, 6.45) is 2.09. The molecule has 0 aliphatic carbocycles. The molecule has 2 N–H and O–H groups in total. The molecule has 0 saturated heterocycles. The Balaban J connectivity index is 2.15. The second-order valence-corrected chi connectivity index (χ2v) is 6.56. The number of aromatic nitrogens is 3. The summed E-state index contributed by atoms with van der Waals surface area (Å²) in [6, 6.07) is 6.28. The Morgan fingerprint density at radius 2 is 1.96 bits per heavy atom. The van der Waals surface area contributed by atoms with Gasteiger partial charge in [0, 0.05) is 23.4 Å². The molecular weight excluding hydrogens is 349 g/mol. The van der Waals surface area contributed by atoms with E-state index in [1.807, 2.05) is 6.92 Å². The lowest BCUT2D eigenvalue weighted by Crippen LogP contribution is -2.39. The number of hydrogen-bond donors (Lipinski definition) is 2. The minimum atomic E-state index is -1.23. The lowest BCUT2D eigenvalue weighted by molar-refractivity contribution is -0.144. The normalized spacial score (nSPS) is 11.9. The number of fused-ring (bicyclic) bond motifs is 1. The second-order valence-electron chi connectivity index (χ2n) is 6.56. The molecular formula is C20H22FN3O3. The number of aromatic amines is 1. The van der Waals surface area contributed by atoms with E-state index in [0.717, 1.165) is 0 Å². The number of rotatable bonds is 6. The van der Waals surface area contributed by atoms with E-state index in [1.54, 1.807) is 30.7 Å². The van der Waals surface area contributed by atoms with E-state index >= 15 is 0 Å². The van der Waals surface area contributed by atoms with E-state index in [2.05, 4.69) is 10.1 Å². The number of carbonyl (C=O) groups is 1. The molecule has 0 aliphatic heterocycles. The summed E-state index contributed by atoms with van der Waals surface area (Å²) in [5.41, 5.74) is 0.0846. The van der Waals surface area contributed by atoms with Gasteiger partial charge in [0.25, 0.3) is 5.56 Å². The van der Waals surface area contributed by atoms with Crippen LogP contribution >= 0.6 is 0 Å². The average molecular weight is 371 g/mol. The number of benzene rings is 1. The number of nitrogens with one attached hydrogen (secondary N) is 1. The molecule has 7 heteroatoms. The molecule has 0 radical (unpaired) electrons. The molecule has 2 heterocycles. The van der Waals surface area contributed by atoms with Gasteiger partial charge < -0.3 is 10.1 Å². The van der Waals surface area contributed by atoms with Crippen LogP contribution < -0.4 is 5.56 Å². The number of H-pyrrole nitrogens is 1. The fraction of sp³-hybridized carbons (Fsp3) is 0.350. The van der Waals surface area contributed by atoms with E-state index in [0.29, 0.717) is 41.5 Å². The Bertz CT molecular complexity index is 1060. The largest absolute Gasteiger partial charge is 0.481 e. The lowest BCUT2D eigenvalue weighted by Gasteiger charge is -2.26. The van der Waals surface area contributed by atoms with Gasteiger partial charge in [-0.05, 0) is 38.0 Å². The molecule has 1 aromatic carbocycles. The van der Waals surface area contributed by atoms with Crippen LogP contribution in [0, 0.1) is 5.82 Å². The number of aliphatic carboxylic acids is 1. The van der Waals surface area contributed by atoms with Gasteiger partial charge in [-0.3, -0.25) is 14.3 Å². The van der Waals surface area contributed by atoms with Crippen LogP contribution in [-0.2, 0) is 16.8 Å². The summed E-state index contributed by atoms with van der Waals surface area (Å²) < 4.78 is 16.1. The SMILES string of the molecule is CCn1ncc2c(F)cc(-c3ccc(C(CC)(CC)C(=O)O)c(=O)[nH]3)cc21. The van der Waals surface area contributed by atoms with Crippen molar-refractivity contribution in [1.82, 2.24) is 14.8 Å². The van der Waals surface area contributed by atoms with Gasteiger partial charge in [0.05, 0.1) is 22.5 Å². The predicted molar refractivity (Wildman–Crippen MR) is 101 cm³/mol. The summed E-state index contributed by atoms with van der Waals surface area (Å²) in [5.74, 6) is -1.45. The fourth-order valence-corrected chi connectivity index (χ4v) is 3.61. The third-order valence-electron chi connectivity index (χ3n) is 5.36. The van der Waals surface area contributed by atoms with Crippen molar-refractivity contribution in [3.8, 4) is 11.3 Å². The smallest absolute Gasteiger partial charge is 0.314 e. The summed E-state index contributed by atoms with van der Waals surface area (Å²) in [7, 11) is 0. The molecule has 2 aromatic heterocycles. The maximum atomic E-state index is 14.4. The topological polar surface area (TPSA) is 88.0 Å². The first-order valence-electron chi connectivity index (χ1n) is 9.00. The van der Waals surface area contributed by atoms with Gasteiger partial charge in [-0.2, -0.15) is 5.10 Å². The number of halogens is 1. The van der Waals surface area contributed by atoms with E-state index in [1.165, 1.54) is 18.3 Å². The van der Waals surface area contributed by atoms with Crippen molar-refractivity contribution < 1.29 is 14.3 Å². The summed E-state index contributed by atoms with van der Waals surface area (Å²) in [6.45, 7) is 6.00. The summed E-state index contributed by atoms with van der Waals surface area (Å²) in [4.78, 5) is 27.2. The quantitative estimate of drug-likeness (QED) is 0.692. The van der Waals surface area contributed by atoms with Gasteiger partial charge in [-0.25, -0.2) is 4.39 Å². The minimum Gasteiger partial charge on any atom is -0.481 e. The molecule has 0 amide bonds. The van der Waals surface area contributed by atoms with Crippen molar-refractivity contribution in [3.05, 3.63) is 52.2 Å². The Morgan fingerprint density at radius 3 is 2.52 bits per heavy atom. The standard InChI is InChI=1S/C20H22FN3O3/c1-4-20(5-2,19(26)27)14-7-8-16(23-18(14)25)12-9-15(21)13-11-22-24(6-3)17(13)10-12/h7-11H,4-6H2,1-3H3,(H,23,25)(H,26,27). The Morgan fingerprint density at radius 1 is 1.26 bits per heavy atom. The van der Waals surface area contributed by atoms with Crippen molar-refractivity contribution in [2.24, 2.45) is 0 Å². The van der Waals surface area contributed by atoms with Crippen LogP contribution in [0.15, 0.2) is 35.3 Å². The number of carboxylic acid groups (broad SMARTS) is 1. The van der Waals surface area contributed by atoms with Crippen LogP contribution in [0.25, 0.3) is 22.2 Å². The molecule has 3 aromatic rings. The van der Waals surface area contributed by atoms with Crippen molar-refractivity contribution in [2.75, 3.05) is 0 Å². The molecule has 142 valence electrons. The third-order valence-corrected chi connectivity index (χ3v) is 5.36. The van der Waals surface area contributed by atoms with E-state index in [9.17, 15) is 19.1 Å². The third kappa shape index (κ3) is 2.93. The first kappa shape index (κ1) is 18.8. The van der Waals surface area contributed by atoms with Crippen LogP contribution in [0.3, 0.4) is 0 Å². The Hall–Kier alpha value is -2.96. The summed E-state index contributed by atoms with van der Waals surface area (Å²) >= 11 is 0. The summed E-state index contributed by atoms with van der Waals surface area (Å²) in [5, 5.41) is 14.2. The molecule has 0 atom stereocenters. The van der Waals surface area contributed by atoms with Crippen molar-refractivity contribution in [2.45, 2.75) is 45.6 Å². The van der Waals surface area contributed by atoms with E-state index < -0.39 is 22.8 Å². The van der Waals surface area contributed by atoms with Crippen LogP contribution in [0.2, 0.25) is 0 Å². The molecule has 0 fully saturated rings. The highest BCUT2D eigenvalue weighted by molar-refractivity contribution is 5.85. The van der Waals surface area contributed by atoms with Gasteiger partial charge >= 0.3 is 5.97 Å². The van der Waals surface area contributed by atoms with E-state index in [4.69, 9.17) is 0 Å². The molecule has 27 heavy (non-hydrogen) atoms. The first-order valence-corrected chi connectivity index (χ1v) is 9.00. The van der Waals surface area contributed by atoms with Crippen molar-refractivity contribution in [3.63, 3.8) is 0 Å². The fourth-order valence-electron chi connectivity index (χ4n) is 3.61. The number of hydrogen-bond acceptors (Lipinski definition) is 3. The van der Waals surface area contributed by atoms with Crippen LogP contribution in [-0.4, -0.2) is 25.8 Å². The van der Waals surface area contributed by atoms with Gasteiger partial charge in [0.15, 0.2) is 0 Å². The van der Waals surface area contributed by atoms with Crippen LogP contribution in [0.5, 0.6) is 0 Å². The lowest BCUT2D eigenvalue weighted by atomic mass is 9.76. The van der Waals surface area contributed by atoms with Crippen molar-refractivity contribution in [1.29, 1.82) is 0 Å². The molecule has 6 nitrogen and oxygen atoms in total. The van der Waals surface area contributed by atoms with Gasteiger partial charge in [-0.1, -0.05) is 19.9 Å². The van der Waals surface area contributed by atoms with Crippen LogP contribution in [0.4, 0.5) is 4.39 Å². The van der Waals surface area contributed by atoms with Gasteiger partial charge in [-0.15, -0.1) is 0 Å². The zero-order valence-corrected chi connectivity index (χ0v) is 15.5. The predicted octanol–water partition coefficient (Wildman–Crippen LogP) is 3.69. The average Bonchev–Trinajstić information content (AvgIpc) is 3.07. The Labute approximate surface area is 155 Å². The van der Waals surface area contributed by atoms with Gasteiger partial charge in [0.1, 0.15) is 5.82 Å². The second kappa shape index (κ2) is 6.98. The maximum Gasteiger partial charge on any atom is 0.314 e. The molecule has 3 rings (SSSR count). The highest BCUT2D eigenvalue weighted by Gasteiger charge is 2.39. The minimum absolute atomic E-state index is 0.212. The molecule has 0 spiro atoms. The molecule has 0 bridgehead atoms. The molecule has 0 unspecified atom stereocenters. The first-order chi connectivity index (χ1) is 12.9. The van der Waals surface area contributed by atoms with E-state index in [-0.39, 0.29) is 5.56 Å². The number of nitrogens with zero attached hydrogens (tertiary/aromatic N) is 2. The molecule has 0 aliphatic rings. The number of pyridine rings is 1. The Kier molecular flexibility index (Phi) is 4.87. The maximum absolute atomic E-state index is 14.4.